The summed E-state index contributed by atoms with van der Waals surface area (Å²) in [5, 5.41) is 11.8. The molecule has 2 aliphatic rings. The van der Waals surface area contributed by atoms with Crippen LogP contribution >= 0.6 is 27.5 Å². The molecule has 4 aromatic rings. The van der Waals surface area contributed by atoms with Crippen molar-refractivity contribution in [3.63, 3.8) is 0 Å². The van der Waals surface area contributed by atoms with Crippen LogP contribution in [-0.2, 0) is 33.5 Å². The fraction of sp³-hybridized carbons (Fsp3) is 0.200. The van der Waals surface area contributed by atoms with E-state index in [9.17, 15) is 14.1 Å². The number of hydrogen-bond donors (Lipinski definition) is 1. The van der Waals surface area contributed by atoms with E-state index in [0.29, 0.717) is 17.1 Å². The van der Waals surface area contributed by atoms with Gasteiger partial charge in [-0.05, 0) is 28.8 Å². The molecule has 0 radical (unpaired) electrons. The van der Waals surface area contributed by atoms with Crippen molar-refractivity contribution in [3.05, 3.63) is 129 Å². The Morgan fingerprint density at radius 2 is 1.69 bits per heavy atom. The van der Waals surface area contributed by atoms with Gasteiger partial charge in [0, 0.05) is 30.3 Å². The lowest BCUT2D eigenvalue weighted by Crippen LogP contribution is -2.51. The van der Waals surface area contributed by atoms with Crippen molar-refractivity contribution < 1.29 is 18.8 Å². The number of nitrogens with zero attached hydrogens (tertiary/aromatic N) is 2. The number of ketones is 1. The molecule has 1 aliphatic carbocycles. The predicted octanol–water partition coefficient (Wildman–Crippen LogP) is 5.50. The lowest BCUT2D eigenvalue weighted by atomic mass is 9.72. The van der Waals surface area contributed by atoms with E-state index in [1.54, 1.807) is 17.4 Å². The summed E-state index contributed by atoms with van der Waals surface area (Å²) < 4.78 is 23.4. The van der Waals surface area contributed by atoms with E-state index in [1.165, 1.54) is 6.20 Å². The minimum atomic E-state index is -2.21. The van der Waals surface area contributed by atoms with Crippen LogP contribution in [0.3, 0.4) is 0 Å². The second kappa shape index (κ2) is 9.94. The number of pyridine rings is 1. The molecule has 2 heterocycles. The Labute approximate surface area is 242 Å². The number of carbonyl (C=O) groups excluding carboxylic acids is 1. The molecular formula is C30H24BrClN2O4S. The number of hydrogen-bond acceptors (Lipinski definition) is 5. The summed E-state index contributed by atoms with van der Waals surface area (Å²) in [4.78, 5) is 18.9. The van der Waals surface area contributed by atoms with Crippen LogP contribution in [0.5, 0.6) is 5.75 Å². The van der Waals surface area contributed by atoms with E-state index in [1.807, 2.05) is 84.9 Å². The summed E-state index contributed by atoms with van der Waals surface area (Å²) in [6.07, 6.45) is 1.38. The third kappa shape index (κ3) is 4.00. The van der Waals surface area contributed by atoms with Crippen LogP contribution in [0.4, 0.5) is 0 Å². The van der Waals surface area contributed by atoms with Crippen molar-refractivity contribution in [2.24, 2.45) is 0 Å². The highest BCUT2D eigenvalue weighted by molar-refractivity contribution is 9.10. The van der Waals surface area contributed by atoms with Crippen molar-refractivity contribution in [2.75, 3.05) is 7.05 Å². The Morgan fingerprint density at radius 3 is 2.36 bits per heavy atom. The van der Waals surface area contributed by atoms with E-state index in [0.717, 1.165) is 15.6 Å². The fourth-order valence-corrected chi connectivity index (χ4v) is 7.88. The summed E-state index contributed by atoms with van der Waals surface area (Å²) >= 11 is 9.73. The zero-order valence-corrected chi connectivity index (χ0v) is 24.0. The van der Waals surface area contributed by atoms with Gasteiger partial charge in [0.1, 0.15) is 27.7 Å². The molecule has 3 aromatic carbocycles. The van der Waals surface area contributed by atoms with Crippen molar-refractivity contribution >= 4 is 44.3 Å². The molecule has 0 bridgehead atoms. The summed E-state index contributed by atoms with van der Waals surface area (Å²) in [6.45, 7) is 0.355. The SMILES string of the molecule is CN(Cc1ccccc1)S(=O)C1C(=O)C2(O)c3ncc(Cl)cc3OC2(c2ccc(Br)cc2)C1c1ccccc1. The smallest absolute Gasteiger partial charge is 0.215 e. The summed E-state index contributed by atoms with van der Waals surface area (Å²) in [5.74, 6) is -1.19. The molecular weight excluding hydrogens is 600 g/mol. The highest BCUT2D eigenvalue weighted by Gasteiger charge is 2.78. The van der Waals surface area contributed by atoms with Crippen LogP contribution in [0, 0.1) is 0 Å². The first-order valence-electron chi connectivity index (χ1n) is 12.4. The maximum absolute atomic E-state index is 14.6. The molecule has 39 heavy (non-hydrogen) atoms. The molecule has 0 amide bonds. The molecule has 1 N–H and O–H groups in total. The zero-order valence-electron chi connectivity index (χ0n) is 20.8. The maximum Gasteiger partial charge on any atom is 0.215 e. The second-order valence-corrected chi connectivity index (χ2v) is 12.8. The minimum Gasteiger partial charge on any atom is -0.476 e. The Balaban J connectivity index is 1.58. The quantitative estimate of drug-likeness (QED) is 0.307. The second-order valence-electron chi connectivity index (χ2n) is 9.78. The molecule has 0 saturated heterocycles. The normalized spacial score (nSPS) is 26.2. The van der Waals surface area contributed by atoms with E-state index >= 15 is 0 Å². The number of halogens is 2. The first kappa shape index (κ1) is 26.3. The van der Waals surface area contributed by atoms with E-state index in [-0.39, 0.29) is 11.4 Å². The number of Topliss-reactive ketones (excluding diaryl/α,β-unsaturated/α-hetero) is 1. The minimum absolute atomic E-state index is 0.0750. The first-order chi connectivity index (χ1) is 18.8. The molecule has 198 valence electrons. The van der Waals surface area contributed by atoms with Crippen molar-refractivity contribution in [1.29, 1.82) is 0 Å². The standard InChI is InChI=1S/C30H24BrClN2O4S/c1-34(18-19-8-4-2-5-9-19)39(37)26-25(20-10-6-3-7-11-20)30(21-12-14-22(31)15-13-21)29(36,28(26)35)27-24(38-30)16-23(32)17-33-27/h2-17,25-26,36H,18H2,1H3. The van der Waals surface area contributed by atoms with E-state index in [2.05, 4.69) is 20.9 Å². The molecule has 6 nitrogen and oxygen atoms in total. The molecule has 5 unspecified atom stereocenters. The maximum atomic E-state index is 14.6. The summed E-state index contributed by atoms with van der Waals surface area (Å²) in [7, 11) is -0.123. The monoisotopic (exact) mass is 622 g/mol. The van der Waals surface area contributed by atoms with Gasteiger partial charge in [0.05, 0.1) is 10.9 Å². The van der Waals surface area contributed by atoms with Crippen LogP contribution in [0.2, 0.25) is 5.02 Å². The van der Waals surface area contributed by atoms with Gasteiger partial charge in [-0.3, -0.25) is 9.78 Å². The Kier molecular flexibility index (Phi) is 6.72. The van der Waals surface area contributed by atoms with Crippen molar-refractivity contribution in [1.82, 2.24) is 9.29 Å². The average molecular weight is 624 g/mol. The average Bonchev–Trinajstić information content (AvgIpc) is 3.31. The van der Waals surface area contributed by atoms with Gasteiger partial charge in [0.2, 0.25) is 5.60 Å². The van der Waals surface area contributed by atoms with Crippen LogP contribution in [0.15, 0.2) is 102 Å². The number of benzene rings is 3. The van der Waals surface area contributed by atoms with Crippen LogP contribution < -0.4 is 4.74 Å². The van der Waals surface area contributed by atoms with Gasteiger partial charge < -0.3 is 9.84 Å². The topological polar surface area (TPSA) is 79.7 Å². The summed E-state index contributed by atoms with van der Waals surface area (Å²) in [6, 6.07) is 27.8. The van der Waals surface area contributed by atoms with Crippen molar-refractivity contribution in [2.45, 2.75) is 28.9 Å². The Bertz CT molecular complexity index is 1570. The Hall–Kier alpha value is -2.88. The molecule has 1 aliphatic heterocycles. The van der Waals surface area contributed by atoms with Gasteiger partial charge in [-0.15, -0.1) is 0 Å². The zero-order chi connectivity index (χ0) is 27.4. The highest BCUT2D eigenvalue weighted by atomic mass is 79.9. The molecule has 6 rings (SSSR count). The molecule has 1 aromatic heterocycles. The van der Waals surface area contributed by atoms with Gasteiger partial charge in [-0.2, -0.15) is 0 Å². The largest absolute Gasteiger partial charge is 0.476 e. The molecule has 9 heteroatoms. The van der Waals surface area contributed by atoms with Crippen LogP contribution in [0.25, 0.3) is 0 Å². The van der Waals surface area contributed by atoms with Crippen LogP contribution in [0.1, 0.15) is 28.3 Å². The third-order valence-corrected chi connectivity index (χ3v) is 9.93. The molecule has 0 spiro atoms. The van der Waals surface area contributed by atoms with Gasteiger partial charge >= 0.3 is 0 Å². The number of rotatable bonds is 6. The lowest BCUT2D eigenvalue weighted by Gasteiger charge is -2.39. The molecule has 5 atom stereocenters. The molecule has 1 fully saturated rings. The first-order valence-corrected chi connectivity index (χ1v) is 14.7. The highest BCUT2D eigenvalue weighted by Crippen LogP contribution is 2.65. The fourth-order valence-electron chi connectivity index (χ4n) is 5.87. The van der Waals surface area contributed by atoms with Crippen molar-refractivity contribution in [3.8, 4) is 5.75 Å². The van der Waals surface area contributed by atoms with Crippen LogP contribution in [-0.4, -0.2) is 36.7 Å². The number of fused-ring (bicyclic) bond motifs is 3. The number of carbonyl (C=O) groups is 1. The number of aliphatic hydroxyl groups is 1. The van der Waals surface area contributed by atoms with E-state index < -0.39 is 39.1 Å². The van der Waals surface area contributed by atoms with Gasteiger partial charge in [0.25, 0.3) is 0 Å². The Morgan fingerprint density at radius 1 is 1.05 bits per heavy atom. The van der Waals surface area contributed by atoms with Gasteiger partial charge in [-0.1, -0.05) is 100 Å². The predicted molar refractivity (Wildman–Crippen MR) is 154 cm³/mol. The number of aromatic nitrogens is 1. The number of ether oxygens (including phenoxy) is 1. The lowest BCUT2D eigenvalue weighted by molar-refractivity contribution is -0.151. The summed E-state index contributed by atoms with van der Waals surface area (Å²) in [5.41, 5.74) is -1.54. The molecule has 1 saturated carbocycles. The van der Waals surface area contributed by atoms with E-state index in [4.69, 9.17) is 16.3 Å². The van der Waals surface area contributed by atoms with Gasteiger partial charge in [0.15, 0.2) is 11.4 Å². The third-order valence-electron chi connectivity index (χ3n) is 7.53. The van der Waals surface area contributed by atoms with Gasteiger partial charge in [-0.25, -0.2) is 8.51 Å².